The zero-order chi connectivity index (χ0) is 30.2. The predicted octanol–water partition coefficient (Wildman–Crippen LogP) is 6.82. The van der Waals surface area contributed by atoms with Crippen molar-refractivity contribution in [3.63, 3.8) is 0 Å². The molecule has 0 bridgehead atoms. The highest BCUT2D eigenvalue weighted by Crippen LogP contribution is 2.50. The van der Waals surface area contributed by atoms with E-state index in [0.29, 0.717) is 24.2 Å². The molecule has 3 aromatic rings. The van der Waals surface area contributed by atoms with Gasteiger partial charge in [-0.1, -0.05) is 25.5 Å². The fraction of sp³-hybridized carbons (Fsp3) is 0.387. The number of aromatic nitrogens is 1. The Kier molecular flexibility index (Phi) is 10.9. The van der Waals surface area contributed by atoms with Crippen molar-refractivity contribution in [2.45, 2.75) is 51.6 Å². The number of aryl methyl sites for hydroxylation is 1. The summed E-state index contributed by atoms with van der Waals surface area (Å²) in [5.74, 6) is -2.00. The molecule has 2 unspecified atom stereocenters. The monoisotopic (exact) mass is 572 g/mol. The first-order valence-electron chi connectivity index (χ1n) is 13.6. The summed E-state index contributed by atoms with van der Waals surface area (Å²) in [7, 11) is 1.74. The van der Waals surface area contributed by atoms with Gasteiger partial charge in [0.1, 0.15) is 29.8 Å². The number of fused-ring (bicyclic) bond motifs is 1. The molecular weight excluding hydrogens is 536 g/mol. The first kappa shape index (κ1) is 31.6. The number of halogens is 4. The van der Waals surface area contributed by atoms with E-state index in [-0.39, 0.29) is 28.8 Å². The van der Waals surface area contributed by atoms with Gasteiger partial charge in [0.05, 0.1) is 0 Å². The molecule has 10 heteroatoms. The summed E-state index contributed by atoms with van der Waals surface area (Å²) in [6, 6.07) is 12.8. The van der Waals surface area contributed by atoms with E-state index in [1.807, 2.05) is 39.0 Å². The molecule has 1 aliphatic heterocycles. The van der Waals surface area contributed by atoms with Crippen LogP contribution in [0.1, 0.15) is 60.9 Å². The van der Waals surface area contributed by atoms with Crippen LogP contribution in [0.5, 0.6) is 5.75 Å². The van der Waals surface area contributed by atoms with Gasteiger partial charge in [0, 0.05) is 53.8 Å². The van der Waals surface area contributed by atoms with Crippen molar-refractivity contribution in [1.82, 2.24) is 10.3 Å². The molecule has 2 heterocycles. The Morgan fingerprint density at radius 2 is 1.83 bits per heavy atom. The summed E-state index contributed by atoms with van der Waals surface area (Å²) in [4.78, 5) is 19.2. The molecule has 0 spiro atoms. The molecule has 2 atom stereocenters. The van der Waals surface area contributed by atoms with Gasteiger partial charge in [0.2, 0.25) is 6.41 Å². The summed E-state index contributed by atoms with van der Waals surface area (Å²) in [6.45, 7) is 5.84. The molecule has 1 amide bonds. The number of pyridine rings is 1. The van der Waals surface area contributed by atoms with Crippen molar-refractivity contribution in [2.75, 3.05) is 25.9 Å². The lowest BCUT2D eigenvalue weighted by molar-refractivity contribution is -0.151. The van der Waals surface area contributed by atoms with Crippen molar-refractivity contribution >= 4 is 18.3 Å². The van der Waals surface area contributed by atoms with Gasteiger partial charge >= 0.3 is 6.18 Å². The maximum atomic E-state index is 13.5. The van der Waals surface area contributed by atoms with Crippen LogP contribution < -0.4 is 15.8 Å². The lowest BCUT2D eigenvalue weighted by atomic mass is 9.92. The first-order chi connectivity index (χ1) is 19.6. The molecule has 0 saturated heterocycles. The number of rotatable bonds is 7. The van der Waals surface area contributed by atoms with Crippen LogP contribution in [-0.2, 0) is 4.79 Å². The van der Waals surface area contributed by atoms with Gasteiger partial charge in [-0.05, 0) is 68.1 Å². The first-order valence-corrected chi connectivity index (χ1v) is 13.6. The Hall–Kier alpha value is -3.95. The highest BCUT2D eigenvalue weighted by Gasteiger charge is 2.47. The van der Waals surface area contributed by atoms with Crippen LogP contribution in [0.25, 0.3) is 11.3 Å². The Morgan fingerprint density at radius 1 is 1.15 bits per heavy atom. The number of amides is 1. The highest BCUT2D eigenvalue weighted by atomic mass is 19.4. The van der Waals surface area contributed by atoms with Crippen molar-refractivity contribution in [3.8, 4) is 17.0 Å². The molecule has 5 rings (SSSR count). The van der Waals surface area contributed by atoms with Crippen LogP contribution in [0.3, 0.4) is 0 Å². The molecule has 1 aliphatic carbocycles. The third-order valence-corrected chi connectivity index (χ3v) is 6.81. The number of hydrogen-bond donors (Lipinski definition) is 2. The highest BCUT2D eigenvalue weighted by molar-refractivity contribution is 5.87. The summed E-state index contributed by atoms with van der Waals surface area (Å²) in [6.07, 6.45) is -0.224. The van der Waals surface area contributed by atoms with Crippen molar-refractivity contribution in [2.24, 2.45) is 10.9 Å². The predicted molar refractivity (Wildman–Crippen MR) is 154 cm³/mol. The topological polar surface area (TPSA) is 89.6 Å². The number of carbonyl (C=O) groups excluding carboxylic acids is 1. The molecule has 41 heavy (non-hydrogen) atoms. The molecule has 2 aliphatic rings. The normalized spacial score (nSPS) is 16.4. The largest absolute Gasteiger partial charge is 0.490 e. The SMILES string of the molecule is CC.CN=Cc1cc(C)ccc1N.O=CNCC(c1cc2c(c(-c3ccc(F)cc3)n1)OCC2C(F)(F)F)C1CC1. The van der Waals surface area contributed by atoms with E-state index in [0.717, 1.165) is 24.1 Å². The second-order valence-electron chi connectivity index (χ2n) is 9.72. The molecule has 0 radical (unpaired) electrons. The lowest BCUT2D eigenvalue weighted by Crippen LogP contribution is -2.24. The number of nitrogens with one attached hydrogen (secondary N) is 1. The van der Waals surface area contributed by atoms with Crippen LogP contribution in [0.2, 0.25) is 0 Å². The van der Waals surface area contributed by atoms with Gasteiger partial charge in [0.15, 0.2) is 0 Å². The zero-order valence-corrected chi connectivity index (χ0v) is 23.6. The third kappa shape index (κ3) is 8.05. The molecule has 1 saturated carbocycles. The number of nitrogens with two attached hydrogens (primary N) is 1. The van der Waals surface area contributed by atoms with Crippen molar-refractivity contribution < 1.29 is 27.1 Å². The second-order valence-corrected chi connectivity index (χ2v) is 9.72. The fourth-order valence-corrected chi connectivity index (χ4v) is 4.64. The second kappa shape index (κ2) is 14.1. The van der Waals surface area contributed by atoms with Gasteiger partial charge < -0.3 is 15.8 Å². The molecule has 1 aromatic heterocycles. The number of anilines is 1. The molecular formula is C31H36F4N4O2. The van der Waals surface area contributed by atoms with Gasteiger partial charge in [-0.15, -0.1) is 0 Å². The summed E-state index contributed by atoms with van der Waals surface area (Å²) < 4.78 is 59.3. The Bertz CT molecular complexity index is 1340. The number of hydrogen-bond acceptors (Lipinski definition) is 5. The third-order valence-electron chi connectivity index (χ3n) is 6.81. The van der Waals surface area contributed by atoms with E-state index < -0.39 is 24.5 Å². The molecule has 3 N–H and O–H groups in total. The number of benzene rings is 2. The summed E-state index contributed by atoms with van der Waals surface area (Å²) in [5, 5.41) is 2.62. The minimum absolute atomic E-state index is 0.0496. The summed E-state index contributed by atoms with van der Waals surface area (Å²) >= 11 is 0. The standard InChI is InChI=1S/C20H18F4N2O2.C9H12N2.C2H6/c21-13-5-3-12(4-6-13)18-19-14(16(9-28-19)20(22,23)24)7-17(26-18)15(8-25-10-27)11-1-2-11;1-7-3-4-9(10)8(5-7)6-11-2;1-2/h3-7,10-11,15-16H,1-2,8-9H2,(H,25,27);3-6H,10H2,1-2H3;1-2H3. The molecule has 220 valence electrons. The quantitative estimate of drug-likeness (QED) is 0.141. The Morgan fingerprint density at radius 3 is 2.41 bits per heavy atom. The van der Waals surface area contributed by atoms with Crippen molar-refractivity contribution in [1.29, 1.82) is 0 Å². The van der Waals surface area contributed by atoms with Crippen LogP contribution in [-0.4, -0.2) is 44.0 Å². The maximum Gasteiger partial charge on any atom is 0.399 e. The minimum atomic E-state index is -4.44. The maximum absolute atomic E-state index is 13.5. The van der Waals surface area contributed by atoms with E-state index >= 15 is 0 Å². The Labute approximate surface area is 238 Å². The number of nitrogen functional groups attached to an aromatic ring is 1. The molecule has 6 nitrogen and oxygen atoms in total. The van der Waals surface area contributed by atoms with Gasteiger partial charge in [0.25, 0.3) is 0 Å². The fourth-order valence-electron chi connectivity index (χ4n) is 4.64. The van der Waals surface area contributed by atoms with E-state index in [4.69, 9.17) is 10.5 Å². The average Bonchev–Trinajstić information content (AvgIpc) is 3.69. The van der Waals surface area contributed by atoms with E-state index in [9.17, 15) is 22.4 Å². The number of aliphatic imine (C=N–C) groups is 1. The van der Waals surface area contributed by atoms with Gasteiger partial charge in [-0.25, -0.2) is 9.37 Å². The minimum Gasteiger partial charge on any atom is -0.490 e. The average molecular weight is 573 g/mol. The molecule has 1 fully saturated rings. The zero-order valence-electron chi connectivity index (χ0n) is 23.6. The Balaban J connectivity index is 0.000000299. The van der Waals surface area contributed by atoms with Crippen LogP contribution >= 0.6 is 0 Å². The van der Waals surface area contributed by atoms with E-state index in [1.54, 1.807) is 13.3 Å². The van der Waals surface area contributed by atoms with Gasteiger partial charge in [-0.3, -0.25) is 9.79 Å². The van der Waals surface area contributed by atoms with E-state index in [1.165, 1.54) is 35.9 Å². The number of nitrogens with zero attached hydrogens (tertiary/aromatic N) is 2. The molecule has 2 aromatic carbocycles. The lowest BCUT2D eigenvalue weighted by Gasteiger charge is -2.19. The number of carbonyl (C=O) groups is 1. The van der Waals surface area contributed by atoms with E-state index in [2.05, 4.69) is 15.3 Å². The van der Waals surface area contributed by atoms with Crippen LogP contribution in [0.15, 0.2) is 53.5 Å². The van der Waals surface area contributed by atoms with Crippen LogP contribution in [0, 0.1) is 18.7 Å². The smallest absolute Gasteiger partial charge is 0.399 e. The number of ether oxygens (including phenoxy) is 1. The van der Waals surface area contributed by atoms with Gasteiger partial charge in [-0.2, -0.15) is 13.2 Å². The van der Waals surface area contributed by atoms with Crippen molar-refractivity contribution in [3.05, 3.63) is 76.7 Å². The van der Waals surface area contributed by atoms with Crippen LogP contribution in [0.4, 0.5) is 23.2 Å². The number of alkyl halides is 3. The summed E-state index contributed by atoms with van der Waals surface area (Å²) in [5.41, 5.74) is 9.96.